The predicted molar refractivity (Wildman–Crippen MR) is 68.9 cm³/mol. The van der Waals surface area contributed by atoms with Crippen LogP contribution in [0.2, 0.25) is 0 Å². The van der Waals surface area contributed by atoms with Gasteiger partial charge in [-0.05, 0) is 25.1 Å². The van der Waals surface area contributed by atoms with Crippen LogP contribution in [0.1, 0.15) is 18.3 Å². The molecule has 2 aromatic rings. The Hall–Kier alpha value is -1.87. The molecule has 0 spiro atoms. The molecule has 0 radical (unpaired) electrons. The molecule has 92 valence electrons. The van der Waals surface area contributed by atoms with E-state index in [-0.39, 0.29) is 0 Å². The summed E-state index contributed by atoms with van der Waals surface area (Å²) in [6.07, 6.45) is 1.50. The van der Waals surface area contributed by atoms with Crippen molar-refractivity contribution in [3.05, 3.63) is 40.4 Å². The first-order valence-electron chi connectivity index (χ1n) is 5.43. The first kappa shape index (κ1) is 12.6. The minimum absolute atomic E-state index is 0.296. The fourth-order valence-electron chi connectivity index (χ4n) is 1.52. The summed E-state index contributed by atoms with van der Waals surface area (Å²) >= 11 is 3.32. The third-order valence-electron chi connectivity index (χ3n) is 2.41. The normalized spacial score (nSPS) is 10.1. The molecule has 0 N–H and O–H groups in total. The van der Waals surface area contributed by atoms with Crippen LogP contribution >= 0.6 is 15.9 Å². The lowest BCUT2D eigenvalue weighted by Crippen LogP contribution is -2.07. The lowest BCUT2D eigenvalue weighted by molar-refractivity contribution is 0.286. The lowest BCUT2D eigenvalue weighted by Gasteiger charge is -2.08. The van der Waals surface area contributed by atoms with Gasteiger partial charge in [0, 0.05) is 11.0 Å². The highest BCUT2D eigenvalue weighted by Crippen LogP contribution is 2.23. The Labute approximate surface area is 113 Å². The molecule has 0 saturated heterocycles. The fourth-order valence-corrected chi connectivity index (χ4v) is 1.88. The molecule has 0 aliphatic rings. The summed E-state index contributed by atoms with van der Waals surface area (Å²) < 4.78 is 8.21. The van der Waals surface area contributed by atoms with E-state index in [0.717, 1.165) is 16.8 Å². The van der Waals surface area contributed by atoms with Gasteiger partial charge in [0.25, 0.3) is 0 Å². The molecule has 6 heteroatoms. The Balaban J connectivity index is 2.14. The van der Waals surface area contributed by atoms with E-state index in [2.05, 4.69) is 32.1 Å². The van der Waals surface area contributed by atoms with Crippen LogP contribution in [0.3, 0.4) is 0 Å². The maximum absolute atomic E-state index is 9.02. The van der Waals surface area contributed by atoms with Crippen LogP contribution in [0.15, 0.2) is 29.0 Å². The molecule has 1 aromatic heterocycles. The monoisotopic (exact) mass is 306 g/mol. The van der Waals surface area contributed by atoms with Gasteiger partial charge in [-0.3, -0.25) is 0 Å². The van der Waals surface area contributed by atoms with Crippen LogP contribution in [0, 0.1) is 11.3 Å². The molecule has 2 rings (SSSR count). The highest BCUT2D eigenvalue weighted by Gasteiger charge is 2.07. The van der Waals surface area contributed by atoms with Crippen molar-refractivity contribution >= 4 is 15.9 Å². The summed E-state index contributed by atoms with van der Waals surface area (Å²) in [4.78, 5) is 4.11. The molecule has 0 atom stereocenters. The van der Waals surface area contributed by atoms with Gasteiger partial charge in [-0.15, -0.1) is 0 Å². The second-order valence-corrected chi connectivity index (χ2v) is 4.45. The Bertz CT molecular complexity index is 588. The van der Waals surface area contributed by atoms with Crippen molar-refractivity contribution in [3.63, 3.8) is 0 Å². The number of hydrogen-bond acceptors (Lipinski definition) is 4. The van der Waals surface area contributed by atoms with Gasteiger partial charge in [-0.1, -0.05) is 15.9 Å². The van der Waals surface area contributed by atoms with Gasteiger partial charge in [-0.2, -0.15) is 10.4 Å². The van der Waals surface area contributed by atoms with Crippen LogP contribution in [0.5, 0.6) is 5.75 Å². The topological polar surface area (TPSA) is 63.7 Å². The minimum atomic E-state index is 0.296. The summed E-state index contributed by atoms with van der Waals surface area (Å²) in [5.41, 5.74) is 0.493. The number of aryl methyl sites for hydroxylation is 1. The molecule has 1 aromatic carbocycles. The van der Waals surface area contributed by atoms with Crippen LogP contribution < -0.4 is 4.74 Å². The average molecular weight is 307 g/mol. The van der Waals surface area contributed by atoms with Crippen molar-refractivity contribution in [2.45, 2.75) is 20.1 Å². The van der Waals surface area contributed by atoms with Crippen LogP contribution in [0.4, 0.5) is 0 Å². The highest BCUT2D eigenvalue weighted by molar-refractivity contribution is 9.10. The summed E-state index contributed by atoms with van der Waals surface area (Å²) in [5, 5.41) is 13.1. The SMILES string of the molecule is CCn1ncnc1COc1ccc(Br)cc1C#N. The second kappa shape index (κ2) is 5.65. The number of hydrogen-bond donors (Lipinski definition) is 0. The van der Waals surface area contributed by atoms with Crippen LogP contribution in [-0.2, 0) is 13.2 Å². The first-order valence-corrected chi connectivity index (χ1v) is 6.23. The van der Waals surface area contributed by atoms with Gasteiger partial charge in [0.05, 0.1) is 5.56 Å². The number of nitrogens with zero attached hydrogens (tertiary/aromatic N) is 4. The molecule has 0 aliphatic heterocycles. The van der Waals surface area contributed by atoms with Gasteiger partial charge in [0.15, 0.2) is 5.82 Å². The molecule has 5 nitrogen and oxygen atoms in total. The summed E-state index contributed by atoms with van der Waals surface area (Å²) in [5.74, 6) is 1.29. The van der Waals surface area contributed by atoms with Gasteiger partial charge in [0.2, 0.25) is 0 Å². The number of nitriles is 1. The van der Waals surface area contributed by atoms with E-state index < -0.39 is 0 Å². The lowest BCUT2D eigenvalue weighted by atomic mass is 10.2. The van der Waals surface area contributed by atoms with Crippen molar-refractivity contribution in [1.29, 1.82) is 5.26 Å². The van der Waals surface area contributed by atoms with Crippen molar-refractivity contribution < 1.29 is 4.74 Å². The zero-order valence-corrected chi connectivity index (χ0v) is 11.4. The van der Waals surface area contributed by atoms with E-state index in [4.69, 9.17) is 10.00 Å². The van der Waals surface area contributed by atoms with Gasteiger partial charge in [0.1, 0.15) is 24.8 Å². The first-order chi connectivity index (χ1) is 8.74. The van der Waals surface area contributed by atoms with Gasteiger partial charge in [-0.25, -0.2) is 9.67 Å². The zero-order valence-electron chi connectivity index (χ0n) is 9.80. The summed E-state index contributed by atoms with van der Waals surface area (Å²) in [6.45, 7) is 3.02. The van der Waals surface area contributed by atoms with E-state index in [9.17, 15) is 0 Å². The molecule has 0 saturated carbocycles. The van der Waals surface area contributed by atoms with Crippen LogP contribution in [-0.4, -0.2) is 14.8 Å². The Morgan fingerprint density at radius 2 is 2.33 bits per heavy atom. The molecular formula is C12H11BrN4O. The largest absolute Gasteiger partial charge is 0.484 e. The quantitative estimate of drug-likeness (QED) is 0.870. The third-order valence-corrected chi connectivity index (χ3v) is 2.91. The summed E-state index contributed by atoms with van der Waals surface area (Å²) in [6, 6.07) is 7.41. The van der Waals surface area contributed by atoms with E-state index >= 15 is 0 Å². The average Bonchev–Trinajstić information content (AvgIpc) is 2.84. The zero-order chi connectivity index (χ0) is 13.0. The molecule has 0 unspecified atom stereocenters. The Kier molecular flexibility index (Phi) is 3.95. The molecule has 0 fully saturated rings. The molecule has 18 heavy (non-hydrogen) atoms. The molecule has 0 bridgehead atoms. The predicted octanol–water partition coefficient (Wildman–Crippen LogP) is 2.51. The van der Waals surface area contributed by atoms with Gasteiger partial charge < -0.3 is 4.74 Å². The van der Waals surface area contributed by atoms with Gasteiger partial charge >= 0.3 is 0 Å². The molecule has 1 heterocycles. The minimum Gasteiger partial charge on any atom is -0.484 e. The standard InChI is InChI=1S/C12H11BrN4O/c1-2-17-12(15-8-16-17)7-18-11-4-3-10(13)5-9(11)6-14/h3-5,8H,2,7H2,1H3. The van der Waals surface area contributed by atoms with Crippen molar-refractivity contribution in [3.8, 4) is 11.8 Å². The number of aromatic nitrogens is 3. The molecule has 0 aliphatic carbocycles. The summed E-state index contributed by atoms with van der Waals surface area (Å²) in [7, 11) is 0. The number of benzene rings is 1. The fraction of sp³-hybridized carbons (Fsp3) is 0.250. The van der Waals surface area contributed by atoms with Crippen molar-refractivity contribution in [2.75, 3.05) is 0 Å². The van der Waals surface area contributed by atoms with E-state index in [0.29, 0.717) is 17.9 Å². The van der Waals surface area contributed by atoms with E-state index in [1.165, 1.54) is 6.33 Å². The number of ether oxygens (including phenoxy) is 1. The second-order valence-electron chi connectivity index (χ2n) is 3.53. The molecular weight excluding hydrogens is 296 g/mol. The highest BCUT2D eigenvalue weighted by atomic mass is 79.9. The van der Waals surface area contributed by atoms with E-state index in [1.54, 1.807) is 16.8 Å². The van der Waals surface area contributed by atoms with Crippen molar-refractivity contribution in [2.24, 2.45) is 0 Å². The number of rotatable bonds is 4. The van der Waals surface area contributed by atoms with Crippen LogP contribution in [0.25, 0.3) is 0 Å². The number of halogens is 1. The maximum Gasteiger partial charge on any atom is 0.164 e. The van der Waals surface area contributed by atoms with E-state index in [1.807, 2.05) is 13.0 Å². The third kappa shape index (κ3) is 2.68. The Morgan fingerprint density at radius 3 is 3.06 bits per heavy atom. The Morgan fingerprint density at radius 1 is 1.50 bits per heavy atom. The molecule has 0 amide bonds. The maximum atomic E-state index is 9.02. The smallest absolute Gasteiger partial charge is 0.164 e. The van der Waals surface area contributed by atoms with Crippen molar-refractivity contribution in [1.82, 2.24) is 14.8 Å².